The largest absolute Gasteiger partial charge is 0.382 e. The van der Waals surface area contributed by atoms with Crippen molar-refractivity contribution in [3.63, 3.8) is 0 Å². The van der Waals surface area contributed by atoms with Crippen LogP contribution in [0.2, 0.25) is 5.02 Å². The lowest BCUT2D eigenvalue weighted by Gasteiger charge is -2.10. The summed E-state index contributed by atoms with van der Waals surface area (Å²) in [6.45, 7) is 3.95. The average molecular weight is 285 g/mol. The predicted molar refractivity (Wildman–Crippen MR) is 74.9 cm³/mol. The number of hydrogen-bond acceptors (Lipinski definition) is 4. The Morgan fingerprint density at radius 3 is 2.89 bits per heavy atom. The molecule has 0 atom stereocenters. The number of nitro groups is 1. The van der Waals surface area contributed by atoms with Crippen LogP contribution >= 0.6 is 11.6 Å². The molecule has 2 rings (SSSR count). The number of rotatable bonds is 7. The van der Waals surface area contributed by atoms with Crippen molar-refractivity contribution >= 4 is 23.0 Å². The number of nitro benzene ring substituents is 1. The van der Waals surface area contributed by atoms with Gasteiger partial charge in [-0.25, -0.2) is 0 Å². The molecule has 104 valence electrons. The standard InChI is InChI=1S/C13H17ClN2O3/c1-9-6-13(16(17)18)11(14)7-12(9)15-4-5-19-8-10-2-3-10/h6-7,10,15H,2-5,8H2,1H3. The molecule has 1 aromatic carbocycles. The van der Waals surface area contributed by atoms with Gasteiger partial charge in [-0.1, -0.05) is 11.6 Å². The van der Waals surface area contributed by atoms with Gasteiger partial charge in [0.05, 0.1) is 11.5 Å². The first-order valence-corrected chi connectivity index (χ1v) is 6.72. The Bertz CT molecular complexity index is 475. The summed E-state index contributed by atoms with van der Waals surface area (Å²) < 4.78 is 5.51. The summed E-state index contributed by atoms with van der Waals surface area (Å²) in [4.78, 5) is 10.3. The summed E-state index contributed by atoms with van der Waals surface area (Å²) in [5.41, 5.74) is 1.55. The Labute approximate surface area is 117 Å². The number of benzene rings is 1. The van der Waals surface area contributed by atoms with E-state index in [9.17, 15) is 10.1 Å². The monoisotopic (exact) mass is 284 g/mol. The van der Waals surface area contributed by atoms with E-state index in [1.54, 1.807) is 6.07 Å². The zero-order valence-electron chi connectivity index (χ0n) is 10.8. The fraction of sp³-hybridized carbons (Fsp3) is 0.538. The normalized spacial score (nSPS) is 14.4. The second kappa shape index (κ2) is 6.21. The third-order valence-corrected chi connectivity index (χ3v) is 3.41. The van der Waals surface area contributed by atoms with E-state index in [1.165, 1.54) is 18.9 Å². The van der Waals surface area contributed by atoms with Crippen LogP contribution in [0.4, 0.5) is 11.4 Å². The van der Waals surface area contributed by atoms with Crippen LogP contribution in [0.3, 0.4) is 0 Å². The van der Waals surface area contributed by atoms with Crippen molar-refractivity contribution in [2.24, 2.45) is 5.92 Å². The van der Waals surface area contributed by atoms with Crippen molar-refractivity contribution < 1.29 is 9.66 Å². The van der Waals surface area contributed by atoms with E-state index in [4.69, 9.17) is 16.3 Å². The minimum Gasteiger partial charge on any atom is -0.382 e. The number of halogens is 1. The SMILES string of the molecule is Cc1cc([N+](=O)[O-])c(Cl)cc1NCCOCC1CC1. The van der Waals surface area contributed by atoms with Crippen LogP contribution in [0.15, 0.2) is 12.1 Å². The first-order chi connectivity index (χ1) is 9.08. The number of anilines is 1. The molecule has 1 aliphatic carbocycles. The maximum absolute atomic E-state index is 10.7. The molecule has 5 nitrogen and oxygen atoms in total. The molecule has 6 heteroatoms. The molecule has 0 saturated heterocycles. The fourth-order valence-electron chi connectivity index (χ4n) is 1.79. The van der Waals surface area contributed by atoms with Crippen LogP contribution in [0.25, 0.3) is 0 Å². The van der Waals surface area contributed by atoms with E-state index in [2.05, 4.69) is 5.32 Å². The van der Waals surface area contributed by atoms with Gasteiger partial charge in [0.1, 0.15) is 5.02 Å². The second-order valence-corrected chi connectivity index (χ2v) is 5.23. The van der Waals surface area contributed by atoms with Crippen molar-refractivity contribution in [2.75, 3.05) is 25.1 Å². The van der Waals surface area contributed by atoms with Crippen LogP contribution in [0, 0.1) is 23.0 Å². The van der Waals surface area contributed by atoms with Gasteiger partial charge in [0.15, 0.2) is 0 Å². The zero-order chi connectivity index (χ0) is 13.8. The lowest BCUT2D eigenvalue weighted by Crippen LogP contribution is -2.11. The molecule has 1 aromatic rings. The van der Waals surface area contributed by atoms with Gasteiger partial charge < -0.3 is 10.1 Å². The molecule has 1 aliphatic rings. The maximum Gasteiger partial charge on any atom is 0.288 e. The van der Waals surface area contributed by atoms with Gasteiger partial charge in [-0.2, -0.15) is 0 Å². The highest BCUT2D eigenvalue weighted by molar-refractivity contribution is 6.33. The molecule has 0 heterocycles. The quantitative estimate of drug-likeness (QED) is 0.473. The second-order valence-electron chi connectivity index (χ2n) is 4.82. The minimum absolute atomic E-state index is 0.0605. The first kappa shape index (κ1) is 14.1. The maximum atomic E-state index is 10.7. The van der Waals surface area contributed by atoms with Crippen LogP contribution in [-0.4, -0.2) is 24.7 Å². The molecule has 0 aromatic heterocycles. The third kappa shape index (κ3) is 4.08. The molecule has 1 saturated carbocycles. The molecule has 0 unspecified atom stereocenters. The molecular formula is C13H17ClN2O3. The summed E-state index contributed by atoms with van der Waals surface area (Å²) in [6.07, 6.45) is 2.56. The molecule has 0 radical (unpaired) electrons. The Hall–Kier alpha value is -1.33. The van der Waals surface area contributed by atoms with Gasteiger partial charge in [-0.3, -0.25) is 10.1 Å². The van der Waals surface area contributed by atoms with Crippen molar-refractivity contribution in [3.05, 3.63) is 32.8 Å². The van der Waals surface area contributed by atoms with Crippen LogP contribution in [0.5, 0.6) is 0 Å². The highest BCUT2D eigenvalue weighted by Crippen LogP contribution is 2.30. The van der Waals surface area contributed by atoms with E-state index in [0.29, 0.717) is 13.2 Å². The van der Waals surface area contributed by atoms with Crippen LogP contribution in [-0.2, 0) is 4.74 Å². The molecule has 1 N–H and O–H groups in total. The van der Waals surface area contributed by atoms with Crippen molar-refractivity contribution in [1.82, 2.24) is 0 Å². The van der Waals surface area contributed by atoms with Crippen molar-refractivity contribution in [3.8, 4) is 0 Å². The summed E-state index contributed by atoms with van der Waals surface area (Å²) in [7, 11) is 0. The van der Waals surface area contributed by atoms with Crippen molar-refractivity contribution in [2.45, 2.75) is 19.8 Å². The lowest BCUT2D eigenvalue weighted by molar-refractivity contribution is -0.384. The first-order valence-electron chi connectivity index (χ1n) is 6.34. The van der Waals surface area contributed by atoms with E-state index < -0.39 is 4.92 Å². The molecule has 0 spiro atoms. The zero-order valence-corrected chi connectivity index (χ0v) is 11.6. The van der Waals surface area contributed by atoms with E-state index in [-0.39, 0.29) is 10.7 Å². The number of aryl methyl sites for hydroxylation is 1. The molecular weight excluding hydrogens is 268 g/mol. The van der Waals surface area contributed by atoms with E-state index in [1.807, 2.05) is 6.92 Å². The van der Waals surface area contributed by atoms with Gasteiger partial charge in [-0.05, 0) is 37.3 Å². The summed E-state index contributed by atoms with van der Waals surface area (Å²) in [5.74, 6) is 0.760. The van der Waals surface area contributed by atoms with Crippen molar-refractivity contribution in [1.29, 1.82) is 0 Å². The Kier molecular flexibility index (Phi) is 4.61. The topological polar surface area (TPSA) is 64.4 Å². The Balaban J connectivity index is 1.85. The lowest BCUT2D eigenvalue weighted by atomic mass is 10.2. The average Bonchev–Trinajstić information content (AvgIpc) is 3.16. The molecule has 1 fully saturated rings. The smallest absolute Gasteiger partial charge is 0.288 e. The van der Waals surface area contributed by atoms with Gasteiger partial charge in [0.2, 0.25) is 0 Å². The van der Waals surface area contributed by atoms with Gasteiger partial charge >= 0.3 is 0 Å². The third-order valence-electron chi connectivity index (χ3n) is 3.10. The number of nitrogens with one attached hydrogen (secondary N) is 1. The van der Waals surface area contributed by atoms with Gasteiger partial charge in [0.25, 0.3) is 5.69 Å². The highest BCUT2D eigenvalue weighted by atomic mass is 35.5. The molecule has 0 amide bonds. The summed E-state index contributed by atoms with van der Waals surface area (Å²) in [6, 6.07) is 3.08. The number of nitrogens with zero attached hydrogens (tertiary/aromatic N) is 1. The van der Waals surface area contributed by atoms with Gasteiger partial charge in [-0.15, -0.1) is 0 Å². The minimum atomic E-state index is -0.474. The predicted octanol–water partition coefficient (Wildman–Crippen LogP) is 3.40. The number of ether oxygens (including phenoxy) is 1. The Morgan fingerprint density at radius 2 is 2.26 bits per heavy atom. The molecule has 0 bridgehead atoms. The van der Waals surface area contributed by atoms with E-state index >= 15 is 0 Å². The van der Waals surface area contributed by atoms with Crippen LogP contribution < -0.4 is 5.32 Å². The van der Waals surface area contributed by atoms with Crippen LogP contribution in [0.1, 0.15) is 18.4 Å². The summed E-state index contributed by atoms with van der Waals surface area (Å²) in [5, 5.41) is 14.1. The van der Waals surface area contributed by atoms with E-state index in [0.717, 1.165) is 23.8 Å². The highest BCUT2D eigenvalue weighted by Gasteiger charge is 2.20. The fourth-order valence-corrected chi connectivity index (χ4v) is 2.02. The molecule has 0 aliphatic heterocycles. The number of hydrogen-bond donors (Lipinski definition) is 1. The Morgan fingerprint density at radius 1 is 1.53 bits per heavy atom. The summed E-state index contributed by atoms with van der Waals surface area (Å²) >= 11 is 5.87. The molecule has 19 heavy (non-hydrogen) atoms. The van der Waals surface area contributed by atoms with Gasteiger partial charge in [0, 0.05) is 24.9 Å².